The van der Waals surface area contributed by atoms with E-state index in [2.05, 4.69) is 17.1 Å². The number of ether oxygens (including phenoxy) is 2. The molecular formula is C16H24N4O4S. The van der Waals surface area contributed by atoms with Crippen molar-refractivity contribution in [1.82, 2.24) is 15.1 Å². The van der Waals surface area contributed by atoms with E-state index in [9.17, 15) is 9.59 Å². The molecule has 3 atom stereocenters. The number of carbonyl (C=O) groups is 2. The Hall–Kier alpha value is -1.74. The third-order valence-electron chi connectivity index (χ3n) is 4.66. The van der Waals surface area contributed by atoms with E-state index in [1.807, 2.05) is 13.8 Å². The van der Waals surface area contributed by atoms with Gasteiger partial charge >= 0.3 is 12.0 Å². The molecule has 3 heterocycles. The zero-order chi connectivity index (χ0) is 18.0. The molecule has 9 heteroatoms. The molecule has 0 aromatic carbocycles. The highest BCUT2D eigenvalue weighted by Crippen LogP contribution is 2.30. The first-order chi connectivity index (χ1) is 12.1. The van der Waals surface area contributed by atoms with Crippen molar-refractivity contribution in [3.05, 3.63) is 5.01 Å². The van der Waals surface area contributed by atoms with Crippen molar-refractivity contribution in [3.8, 4) is 0 Å². The van der Waals surface area contributed by atoms with E-state index in [4.69, 9.17) is 9.47 Å². The molecule has 2 saturated heterocycles. The van der Waals surface area contributed by atoms with Crippen LogP contribution in [0.5, 0.6) is 0 Å². The van der Waals surface area contributed by atoms with Crippen molar-refractivity contribution >= 4 is 28.5 Å². The van der Waals surface area contributed by atoms with E-state index in [0.29, 0.717) is 37.2 Å². The monoisotopic (exact) mass is 368 g/mol. The average Bonchev–Trinajstić information content (AvgIpc) is 3.33. The Bertz CT molecular complexity index is 637. The molecule has 0 radical (unpaired) electrons. The summed E-state index contributed by atoms with van der Waals surface area (Å²) in [7, 11) is 0. The average molecular weight is 368 g/mol. The van der Waals surface area contributed by atoms with Gasteiger partial charge in [0, 0.05) is 6.54 Å². The van der Waals surface area contributed by atoms with Gasteiger partial charge in [-0.3, -0.25) is 0 Å². The number of aryl methyl sites for hydroxylation is 1. The molecule has 2 fully saturated rings. The second-order valence-corrected chi connectivity index (χ2v) is 7.29. The maximum absolute atomic E-state index is 12.6. The molecule has 0 saturated carbocycles. The van der Waals surface area contributed by atoms with Crippen molar-refractivity contribution in [3.63, 3.8) is 0 Å². The number of amides is 2. The van der Waals surface area contributed by atoms with Gasteiger partial charge in [0.25, 0.3) is 0 Å². The summed E-state index contributed by atoms with van der Waals surface area (Å²) in [5.74, 6) is -0.0155. The molecular weight excluding hydrogens is 344 g/mol. The molecule has 1 aromatic rings. The Morgan fingerprint density at radius 2 is 2.16 bits per heavy atom. The molecule has 2 amide bonds. The largest absolute Gasteiger partial charge is 0.437 e. The zero-order valence-electron chi connectivity index (χ0n) is 14.8. The summed E-state index contributed by atoms with van der Waals surface area (Å²) in [5.41, 5.74) is 0. The van der Waals surface area contributed by atoms with Crippen LogP contribution in [-0.4, -0.2) is 59.1 Å². The lowest BCUT2D eigenvalue weighted by Crippen LogP contribution is -2.39. The molecule has 0 aliphatic carbocycles. The molecule has 8 nitrogen and oxygen atoms in total. The molecule has 2 aliphatic rings. The standard InChI is InChI=1S/C16H24N4O4S/c1-4-10-7-11(23-9-10)14(21)24-13-8-19(6-3)16(22)20(13)15-18-17-12(5-2)25-15/h10-11,13H,4-9H2,1-3H3. The predicted molar refractivity (Wildman–Crippen MR) is 92.4 cm³/mol. The summed E-state index contributed by atoms with van der Waals surface area (Å²) in [5, 5.41) is 9.47. The van der Waals surface area contributed by atoms with Gasteiger partial charge in [-0.25, -0.2) is 14.5 Å². The van der Waals surface area contributed by atoms with Crippen LogP contribution >= 0.6 is 11.3 Å². The molecule has 138 valence electrons. The quantitative estimate of drug-likeness (QED) is 0.715. The highest BCUT2D eigenvalue weighted by Gasteiger charge is 2.43. The van der Waals surface area contributed by atoms with E-state index < -0.39 is 18.3 Å². The fourth-order valence-corrected chi connectivity index (χ4v) is 3.83. The number of aromatic nitrogens is 2. The van der Waals surface area contributed by atoms with Gasteiger partial charge in [-0.1, -0.05) is 31.6 Å². The minimum atomic E-state index is -0.693. The topological polar surface area (TPSA) is 84.9 Å². The van der Waals surface area contributed by atoms with Gasteiger partial charge in [0.2, 0.25) is 11.4 Å². The Labute approximate surface area is 151 Å². The van der Waals surface area contributed by atoms with Gasteiger partial charge in [0.05, 0.1) is 13.2 Å². The summed E-state index contributed by atoms with van der Waals surface area (Å²) >= 11 is 1.35. The van der Waals surface area contributed by atoms with Crippen LogP contribution in [0.2, 0.25) is 0 Å². The highest BCUT2D eigenvalue weighted by atomic mass is 32.1. The summed E-state index contributed by atoms with van der Waals surface area (Å²) in [4.78, 5) is 28.1. The van der Waals surface area contributed by atoms with Gasteiger partial charge in [0.1, 0.15) is 5.01 Å². The van der Waals surface area contributed by atoms with E-state index in [1.165, 1.54) is 16.2 Å². The van der Waals surface area contributed by atoms with Crippen LogP contribution < -0.4 is 4.90 Å². The van der Waals surface area contributed by atoms with Gasteiger partial charge in [0.15, 0.2) is 6.10 Å². The normalized spacial score (nSPS) is 26.5. The lowest BCUT2D eigenvalue weighted by molar-refractivity contribution is -0.159. The summed E-state index contributed by atoms with van der Waals surface area (Å²) in [6.45, 7) is 7.41. The zero-order valence-corrected chi connectivity index (χ0v) is 15.6. The van der Waals surface area contributed by atoms with Gasteiger partial charge in [-0.15, -0.1) is 10.2 Å². The molecule has 2 aliphatic heterocycles. The molecule has 0 bridgehead atoms. The number of likely N-dealkylation sites (N-methyl/N-ethyl adjacent to an activating group) is 1. The summed E-state index contributed by atoms with van der Waals surface area (Å²) in [6, 6.07) is -0.210. The Morgan fingerprint density at radius 1 is 1.36 bits per heavy atom. The highest BCUT2D eigenvalue weighted by molar-refractivity contribution is 7.15. The number of anilines is 1. The first-order valence-corrected chi connectivity index (χ1v) is 9.61. The van der Waals surface area contributed by atoms with Crippen molar-refractivity contribution in [2.45, 2.75) is 52.4 Å². The fourth-order valence-electron chi connectivity index (χ4n) is 3.02. The summed E-state index contributed by atoms with van der Waals surface area (Å²) in [6.07, 6.45) is 1.16. The maximum atomic E-state index is 12.6. The van der Waals surface area contributed by atoms with E-state index >= 15 is 0 Å². The van der Waals surface area contributed by atoms with Gasteiger partial charge < -0.3 is 14.4 Å². The molecule has 3 unspecified atom stereocenters. The fraction of sp³-hybridized carbons (Fsp3) is 0.750. The summed E-state index contributed by atoms with van der Waals surface area (Å²) < 4.78 is 11.2. The lowest BCUT2D eigenvalue weighted by Gasteiger charge is -2.21. The van der Waals surface area contributed by atoms with Crippen molar-refractivity contribution in [2.75, 3.05) is 24.6 Å². The number of hydrogen-bond donors (Lipinski definition) is 0. The Kier molecular flexibility index (Phi) is 5.53. The number of nitrogens with zero attached hydrogens (tertiary/aromatic N) is 4. The Balaban J connectivity index is 1.73. The first kappa shape index (κ1) is 18.1. The first-order valence-electron chi connectivity index (χ1n) is 8.79. The predicted octanol–water partition coefficient (Wildman–Crippen LogP) is 2.05. The van der Waals surface area contributed by atoms with E-state index in [1.54, 1.807) is 4.90 Å². The molecule has 1 aromatic heterocycles. The lowest BCUT2D eigenvalue weighted by atomic mass is 10.0. The van der Waals surface area contributed by atoms with Gasteiger partial charge in [-0.2, -0.15) is 0 Å². The number of rotatable bonds is 6. The minimum Gasteiger partial charge on any atom is -0.437 e. The molecule has 3 rings (SSSR count). The smallest absolute Gasteiger partial charge is 0.337 e. The minimum absolute atomic E-state index is 0.210. The van der Waals surface area contributed by atoms with Crippen molar-refractivity contribution in [1.29, 1.82) is 0 Å². The van der Waals surface area contributed by atoms with E-state index in [0.717, 1.165) is 17.8 Å². The SMILES string of the molecule is CCc1nnc(N2C(=O)N(CC)CC2OC(=O)C2CC(CC)CO2)s1. The second-order valence-electron chi connectivity index (χ2n) is 6.25. The van der Waals surface area contributed by atoms with Crippen LogP contribution in [0.3, 0.4) is 0 Å². The van der Waals surface area contributed by atoms with Crippen LogP contribution in [0.25, 0.3) is 0 Å². The van der Waals surface area contributed by atoms with Crippen LogP contribution in [0.15, 0.2) is 0 Å². The third-order valence-corrected chi connectivity index (χ3v) is 5.73. The van der Waals surface area contributed by atoms with Crippen molar-refractivity contribution in [2.24, 2.45) is 5.92 Å². The third kappa shape index (κ3) is 3.62. The number of hydrogen-bond acceptors (Lipinski definition) is 7. The molecule has 25 heavy (non-hydrogen) atoms. The van der Waals surface area contributed by atoms with Crippen molar-refractivity contribution < 1.29 is 19.1 Å². The number of carbonyl (C=O) groups excluding carboxylic acids is 2. The number of esters is 1. The molecule has 0 N–H and O–H groups in total. The maximum Gasteiger partial charge on any atom is 0.337 e. The Morgan fingerprint density at radius 3 is 2.76 bits per heavy atom. The van der Waals surface area contributed by atoms with E-state index in [-0.39, 0.29) is 6.03 Å². The van der Waals surface area contributed by atoms with Crippen LogP contribution in [0.1, 0.15) is 38.6 Å². The van der Waals surface area contributed by atoms with Crippen LogP contribution in [0.4, 0.5) is 9.93 Å². The van der Waals surface area contributed by atoms with Crippen LogP contribution in [0, 0.1) is 5.92 Å². The van der Waals surface area contributed by atoms with Crippen LogP contribution in [-0.2, 0) is 20.7 Å². The molecule has 0 spiro atoms. The second kappa shape index (κ2) is 7.65. The van der Waals surface area contributed by atoms with Gasteiger partial charge in [-0.05, 0) is 25.7 Å². The number of urea groups is 1.